The van der Waals surface area contributed by atoms with Gasteiger partial charge in [-0.2, -0.15) is 0 Å². The summed E-state index contributed by atoms with van der Waals surface area (Å²) >= 11 is 0. The summed E-state index contributed by atoms with van der Waals surface area (Å²) in [5, 5.41) is 3.30. The molecule has 0 radical (unpaired) electrons. The van der Waals surface area contributed by atoms with E-state index in [1.54, 1.807) is 0 Å². The average molecular weight is 535 g/mol. The number of halogens is 3. The molecule has 1 saturated carbocycles. The van der Waals surface area contributed by atoms with Gasteiger partial charge in [0, 0.05) is 30.6 Å². The van der Waals surface area contributed by atoms with Crippen molar-refractivity contribution in [2.75, 3.05) is 33.3 Å². The molecule has 0 amide bonds. The molecule has 0 bridgehead atoms. The van der Waals surface area contributed by atoms with Gasteiger partial charge in [0.05, 0.1) is 19.6 Å². The molecule has 1 N–H and O–H groups in total. The summed E-state index contributed by atoms with van der Waals surface area (Å²) in [6, 6.07) is 4.09. The Hall–Kier alpha value is -1.45. The van der Waals surface area contributed by atoms with E-state index < -0.39 is 17.0 Å². The third kappa shape index (κ3) is 5.42. The summed E-state index contributed by atoms with van der Waals surface area (Å²) < 4.78 is 34.0. The monoisotopic (exact) mass is 535 g/mol. The Morgan fingerprint density at radius 1 is 1.23 bits per heavy atom. The Balaban J connectivity index is 0.00000320. The first-order valence-electron chi connectivity index (χ1n) is 10.6. The number of likely N-dealkylation sites (tertiary alicyclic amines) is 1. The minimum Gasteiger partial charge on any atom is -0.469 e. The number of guanidine groups is 1. The molecule has 1 aromatic carbocycles. The molecule has 8 heteroatoms. The number of aliphatic imine (C=N–C) groups is 1. The van der Waals surface area contributed by atoms with Gasteiger partial charge in [-0.05, 0) is 44.7 Å². The number of methoxy groups -OCH3 is 1. The Kier molecular flexibility index (Phi) is 9.31. The number of ether oxygens (including phenoxy) is 1. The molecule has 5 nitrogen and oxygen atoms in total. The Labute approximate surface area is 194 Å². The molecule has 0 unspecified atom stereocenters. The van der Waals surface area contributed by atoms with Crippen molar-refractivity contribution in [1.82, 2.24) is 10.2 Å². The lowest BCUT2D eigenvalue weighted by molar-refractivity contribution is -0.146. The third-order valence-electron chi connectivity index (χ3n) is 6.25. The van der Waals surface area contributed by atoms with Crippen LogP contribution in [0.1, 0.15) is 51.0 Å². The molecule has 2 fully saturated rings. The largest absolute Gasteiger partial charge is 0.469 e. The number of benzene rings is 1. The smallest absolute Gasteiger partial charge is 0.308 e. The van der Waals surface area contributed by atoms with Crippen LogP contribution < -0.4 is 5.32 Å². The fraction of sp³-hybridized carbons (Fsp3) is 0.636. The van der Waals surface area contributed by atoms with Crippen molar-refractivity contribution in [1.29, 1.82) is 0 Å². The van der Waals surface area contributed by atoms with E-state index >= 15 is 0 Å². The van der Waals surface area contributed by atoms with Crippen LogP contribution in [0.2, 0.25) is 0 Å². The number of nitrogens with zero attached hydrogens (tertiary/aromatic N) is 2. The molecule has 1 heterocycles. The predicted octanol–water partition coefficient (Wildman–Crippen LogP) is 4.25. The van der Waals surface area contributed by atoms with Gasteiger partial charge in [0.25, 0.3) is 0 Å². The van der Waals surface area contributed by atoms with Crippen molar-refractivity contribution in [3.8, 4) is 0 Å². The highest BCUT2D eigenvalue weighted by atomic mass is 127. The van der Waals surface area contributed by atoms with Gasteiger partial charge in [0.15, 0.2) is 5.96 Å². The highest BCUT2D eigenvalue weighted by molar-refractivity contribution is 14.0. The molecule has 30 heavy (non-hydrogen) atoms. The van der Waals surface area contributed by atoms with E-state index in [1.807, 2.05) is 6.92 Å². The van der Waals surface area contributed by atoms with E-state index in [1.165, 1.54) is 25.3 Å². The minimum atomic E-state index is -0.597. The van der Waals surface area contributed by atoms with Crippen LogP contribution in [0, 0.1) is 17.6 Å². The van der Waals surface area contributed by atoms with E-state index in [-0.39, 0.29) is 41.4 Å². The van der Waals surface area contributed by atoms with E-state index in [2.05, 4.69) is 10.2 Å². The maximum absolute atomic E-state index is 14.6. The van der Waals surface area contributed by atoms with Crippen LogP contribution in [0.3, 0.4) is 0 Å². The van der Waals surface area contributed by atoms with Crippen molar-refractivity contribution in [3.63, 3.8) is 0 Å². The first-order valence-corrected chi connectivity index (χ1v) is 10.6. The van der Waals surface area contributed by atoms with Gasteiger partial charge in [-0.3, -0.25) is 9.79 Å². The summed E-state index contributed by atoms with van der Waals surface area (Å²) in [4.78, 5) is 18.7. The predicted molar refractivity (Wildman–Crippen MR) is 124 cm³/mol. The average Bonchev–Trinajstić information content (AvgIpc) is 3.20. The van der Waals surface area contributed by atoms with Crippen molar-refractivity contribution >= 4 is 35.9 Å². The van der Waals surface area contributed by atoms with Crippen LogP contribution in [0.25, 0.3) is 0 Å². The maximum Gasteiger partial charge on any atom is 0.308 e. The summed E-state index contributed by atoms with van der Waals surface area (Å²) in [7, 11) is 1.42. The lowest BCUT2D eigenvalue weighted by Gasteiger charge is -2.34. The van der Waals surface area contributed by atoms with E-state index in [0.29, 0.717) is 39.0 Å². The number of piperidine rings is 1. The van der Waals surface area contributed by atoms with Crippen molar-refractivity contribution in [2.24, 2.45) is 10.9 Å². The lowest BCUT2D eigenvalue weighted by atomic mass is 9.78. The maximum atomic E-state index is 14.6. The zero-order chi connectivity index (χ0) is 20.9. The number of nitrogens with one attached hydrogen (secondary N) is 1. The van der Waals surface area contributed by atoms with Gasteiger partial charge < -0.3 is 15.0 Å². The van der Waals surface area contributed by atoms with E-state index in [4.69, 9.17) is 9.73 Å². The summed E-state index contributed by atoms with van der Waals surface area (Å²) in [6.45, 7) is 4.46. The highest BCUT2D eigenvalue weighted by Gasteiger charge is 2.40. The van der Waals surface area contributed by atoms with Gasteiger partial charge in [-0.1, -0.05) is 18.9 Å². The molecular weight excluding hydrogens is 503 g/mol. The number of carbonyl (C=O) groups is 1. The molecule has 168 valence electrons. The number of carbonyl (C=O) groups excluding carboxylic acids is 1. The zero-order valence-electron chi connectivity index (χ0n) is 17.8. The quantitative estimate of drug-likeness (QED) is 0.265. The fourth-order valence-corrected chi connectivity index (χ4v) is 4.69. The summed E-state index contributed by atoms with van der Waals surface area (Å²) in [5.41, 5.74) is -0.415. The van der Waals surface area contributed by atoms with Crippen LogP contribution in [0.15, 0.2) is 23.2 Å². The molecular formula is C22H32F2IN3O2. The van der Waals surface area contributed by atoms with Crippen molar-refractivity contribution < 1.29 is 18.3 Å². The SMILES string of the molecule is CCNC(=NCC1(c2c(F)cccc2F)CCCC1)N1CCC(C(=O)OC)CC1.I. The van der Waals surface area contributed by atoms with Gasteiger partial charge in [0.1, 0.15) is 11.6 Å². The van der Waals surface area contributed by atoms with Crippen LogP contribution in [-0.4, -0.2) is 50.1 Å². The van der Waals surface area contributed by atoms with E-state index in [0.717, 1.165) is 31.6 Å². The molecule has 2 aliphatic rings. The third-order valence-corrected chi connectivity index (χ3v) is 6.25. The van der Waals surface area contributed by atoms with Gasteiger partial charge in [-0.15, -0.1) is 24.0 Å². The molecule has 0 atom stereocenters. The first-order chi connectivity index (χ1) is 14.0. The zero-order valence-corrected chi connectivity index (χ0v) is 20.1. The Morgan fingerprint density at radius 2 is 1.83 bits per heavy atom. The molecule has 1 aliphatic carbocycles. The number of rotatable bonds is 5. The molecule has 1 aromatic rings. The Bertz CT molecular complexity index is 726. The second-order valence-corrected chi connectivity index (χ2v) is 8.04. The first kappa shape index (κ1) is 24.8. The molecule has 1 aliphatic heterocycles. The van der Waals surface area contributed by atoms with Gasteiger partial charge in [-0.25, -0.2) is 8.78 Å². The van der Waals surface area contributed by atoms with Crippen molar-refractivity contribution in [2.45, 2.75) is 50.9 Å². The van der Waals surface area contributed by atoms with E-state index in [9.17, 15) is 13.6 Å². The number of hydrogen-bond acceptors (Lipinski definition) is 3. The highest BCUT2D eigenvalue weighted by Crippen LogP contribution is 2.43. The van der Waals surface area contributed by atoms with Crippen LogP contribution in [0.4, 0.5) is 8.78 Å². The minimum absolute atomic E-state index is 0. The topological polar surface area (TPSA) is 53.9 Å². The lowest BCUT2D eigenvalue weighted by Crippen LogP contribution is -2.47. The Morgan fingerprint density at radius 3 is 2.37 bits per heavy atom. The number of esters is 1. The molecule has 3 rings (SSSR count). The molecule has 0 spiro atoms. The molecule has 1 saturated heterocycles. The van der Waals surface area contributed by atoms with Gasteiger partial charge in [0.2, 0.25) is 0 Å². The van der Waals surface area contributed by atoms with Crippen LogP contribution >= 0.6 is 24.0 Å². The van der Waals surface area contributed by atoms with Gasteiger partial charge >= 0.3 is 5.97 Å². The van der Waals surface area contributed by atoms with Crippen LogP contribution in [-0.2, 0) is 14.9 Å². The second-order valence-electron chi connectivity index (χ2n) is 8.04. The summed E-state index contributed by atoms with van der Waals surface area (Å²) in [5.74, 6) is -0.449. The van der Waals surface area contributed by atoms with Crippen molar-refractivity contribution in [3.05, 3.63) is 35.4 Å². The summed E-state index contributed by atoms with van der Waals surface area (Å²) in [6.07, 6.45) is 4.79. The second kappa shape index (κ2) is 11.2. The number of hydrogen-bond donors (Lipinski definition) is 1. The standard InChI is InChI=1S/C22H31F2N3O2.HI/c1-3-25-21(27-13-9-16(10-14-27)20(28)29-2)26-15-22(11-4-5-12-22)19-17(23)7-6-8-18(19)24;/h6-8,16H,3-5,9-15H2,1-2H3,(H,25,26);1H. The van der Waals surface area contributed by atoms with Crippen LogP contribution in [0.5, 0.6) is 0 Å². The fourth-order valence-electron chi connectivity index (χ4n) is 4.69. The normalized spacial score (nSPS) is 19.3. The molecule has 0 aromatic heterocycles.